The summed E-state index contributed by atoms with van der Waals surface area (Å²) in [5, 5.41) is 7.06. The van der Waals surface area contributed by atoms with Crippen LogP contribution in [0.1, 0.15) is 43.4 Å². The molecular formula is C24H34IN3O. The number of aliphatic imine (C=N–C) groups is 1. The number of hydrogen-bond donors (Lipinski definition) is 2. The molecule has 29 heavy (non-hydrogen) atoms. The molecule has 0 aromatic heterocycles. The predicted molar refractivity (Wildman–Crippen MR) is 132 cm³/mol. The maximum Gasteiger partial charge on any atom is 0.191 e. The average molecular weight is 507 g/mol. The smallest absolute Gasteiger partial charge is 0.191 e. The molecule has 2 aromatic rings. The minimum atomic E-state index is 0. The molecule has 0 bridgehead atoms. The van der Waals surface area contributed by atoms with E-state index < -0.39 is 0 Å². The van der Waals surface area contributed by atoms with E-state index in [-0.39, 0.29) is 30.1 Å². The monoisotopic (exact) mass is 507 g/mol. The molecule has 158 valence electrons. The first kappa shape index (κ1) is 23.7. The van der Waals surface area contributed by atoms with E-state index in [2.05, 4.69) is 83.2 Å². The van der Waals surface area contributed by atoms with E-state index in [9.17, 15) is 0 Å². The lowest BCUT2D eigenvalue weighted by atomic mass is 9.89. The van der Waals surface area contributed by atoms with Crippen molar-refractivity contribution in [2.45, 2.75) is 44.8 Å². The highest BCUT2D eigenvalue weighted by atomic mass is 127. The largest absolute Gasteiger partial charge is 0.373 e. The number of benzene rings is 2. The fourth-order valence-corrected chi connectivity index (χ4v) is 3.82. The van der Waals surface area contributed by atoms with Gasteiger partial charge in [-0.05, 0) is 43.7 Å². The second-order valence-electron chi connectivity index (χ2n) is 7.63. The molecule has 1 aliphatic heterocycles. The molecule has 1 heterocycles. The Morgan fingerprint density at radius 2 is 1.79 bits per heavy atom. The van der Waals surface area contributed by atoms with Gasteiger partial charge in [-0.1, -0.05) is 60.7 Å². The molecule has 3 unspecified atom stereocenters. The first-order valence-corrected chi connectivity index (χ1v) is 10.4. The van der Waals surface area contributed by atoms with E-state index in [1.165, 1.54) is 17.5 Å². The third-order valence-electron chi connectivity index (χ3n) is 5.42. The molecule has 0 spiro atoms. The van der Waals surface area contributed by atoms with Gasteiger partial charge in [0.25, 0.3) is 0 Å². The van der Waals surface area contributed by atoms with Crippen molar-refractivity contribution in [2.75, 3.05) is 20.2 Å². The summed E-state index contributed by atoms with van der Waals surface area (Å²) >= 11 is 0. The van der Waals surface area contributed by atoms with Crippen molar-refractivity contribution >= 4 is 29.9 Å². The Hall–Kier alpha value is -1.60. The number of aryl methyl sites for hydroxylation is 1. The summed E-state index contributed by atoms with van der Waals surface area (Å²) in [6.45, 7) is 3.93. The van der Waals surface area contributed by atoms with Gasteiger partial charge in [0, 0.05) is 32.2 Å². The van der Waals surface area contributed by atoms with Crippen molar-refractivity contribution in [3.63, 3.8) is 0 Å². The summed E-state index contributed by atoms with van der Waals surface area (Å²) in [6, 6.07) is 21.6. The van der Waals surface area contributed by atoms with E-state index >= 15 is 0 Å². The van der Waals surface area contributed by atoms with Gasteiger partial charge >= 0.3 is 0 Å². The SMILES string of the molecule is CN=C(NCC1CCCOC1c1ccccc1)NC(C)CCc1ccccc1.I. The van der Waals surface area contributed by atoms with Crippen LogP contribution in [0.15, 0.2) is 65.7 Å². The van der Waals surface area contributed by atoms with Crippen molar-refractivity contribution in [2.24, 2.45) is 10.9 Å². The van der Waals surface area contributed by atoms with Gasteiger partial charge in [0.05, 0.1) is 6.10 Å². The van der Waals surface area contributed by atoms with E-state index in [0.29, 0.717) is 12.0 Å². The molecule has 0 amide bonds. The number of rotatable bonds is 7. The summed E-state index contributed by atoms with van der Waals surface area (Å²) in [6.07, 6.45) is 4.60. The zero-order valence-corrected chi connectivity index (χ0v) is 19.8. The fraction of sp³-hybridized carbons (Fsp3) is 0.458. The summed E-state index contributed by atoms with van der Waals surface area (Å²) in [4.78, 5) is 4.42. The molecule has 2 aromatic carbocycles. The lowest BCUT2D eigenvalue weighted by molar-refractivity contribution is -0.0265. The Morgan fingerprint density at radius 1 is 1.10 bits per heavy atom. The maximum absolute atomic E-state index is 6.11. The first-order valence-electron chi connectivity index (χ1n) is 10.4. The topological polar surface area (TPSA) is 45.7 Å². The normalized spacial score (nSPS) is 20.4. The molecular weight excluding hydrogens is 473 g/mol. The molecule has 0 saturated carbocycles. The minimum absolute atomic E-state index is 0. The number of hydrogen-bond acceptors (Lipinski definition) is 2. The fourth-order valence-electron chi connectivity index (χ4n) is 3.82. The lowest BCUT2D eigenvalue weighted by Crippen LogP contribution is -2.45. The zero-order chi connectivity index (χ0) is 19.6. The van der Waals surface area contributed by atoms with Crippen LogP contribution in [-0.4, -0.2) is 32.2 Å². The number of guanidine groups is 1. The Morgan fingerprint density at radius 3 is 2.48 bits per heavy atom. The standard InChI is InChI=1S/C24H33N3O.HI/c1-19(15-16-20-10-5-3-6-11-20)27-24(25-2)26-18-22-14-9-17-28-23(22)21-12-7-4-8-13-21;/h3-8,10-13,19,22-23H,9,14-18H2,1-2H3,(H2,25,26,27);1H. The highest BCUT2D eigenvalue weighted by molar-refractivity contribution is 14.0. The molecule has 0 radical (unpaired) electrons. The zero-order valence-electron chi connectivity index (χ0n) is 17.5. The van der Waals surface area contributed by atoms with Crippen LogP contribution in [-0.2, 0) is 11.2 Å². The quantitative estimate of drug-likeness (QED) is 0.317. The number of ether oxygens (including phenoxy) is 1. The van der Waals surface area contributed by atoms with Crippen LogP contribution in [0, 0.1) is 5.92 Å². The molecule has 1 fully saturated rings. The Balaban J connectivity index is 0.00000300. The van der Waals surface area contributed by atoms with E-state index in [4.69, 9.17) is 4.74 Å². The van der Waals surface area contributed by atoms with Crippen molar-refractivity contribution in [3.8, 4) is 0 Å². The Kier molecular flexibility index (Phi) is 10.5. The molecule has 3 atom stereocenters. The molecule has 0 aliphatic carbocycles. The molecule has 5 heteroatoms. The molecule has 3 rings (SSSR count). The molecule has 2 N–H and O–H groups in total. The van der Waals surface area contributed by atoms with Crippen molar-refractivity contribution in [3.05, 3.63) is 71.8 Å². The highest BCUT2D eigenvalue weighted by Gasteiger charge is 2.27. The van der Waals surface area contributed by atoms with E-state index in [0.717, 1.165) is 38.4 Å². The summed E-state index contributed by atoms with van der Waals surface area (Å²) in [5.41, 5.74) is 2.65. The van der Waals surface area contributed by atoms with Crippen LogP contribution in [0.5, 0.6) is 0 Å². The van der Waals surface area contributed by atoms with Crippen LogP contribution in [0.2, 0.25) is 0 Å². The molecule has 1 saturated heterocycles. The third-order valence-corrected chi connectivity index (χ3v) is 5.42. The highest BCUT2D eigenvalue weighted by Crippen LogP contribution is 2.33. The number of nitrogens with zero attached hydrogens (tertiary/aromatic N) is 1. The van der Waals surface area contributed by atoms with Crippen LogP contribution in [0.3, 0.4) is 0 Å². The second kappa shape index (κ2) is 12.9. The van der Waals surface area contributed by atoms with E-state index in [1.807, 2.05) is 7.05 Å². The van der Waals surface area contributed by atoms with Gasteiger partial charge < -0.3 is 15.4 Å². The summed E-state index contributed by atoms with van der Waals surface area (Å²) < 4.78 is 6.11. The van der Waals surface area contributed by atoms with Gasteiger partial charge in [0.15, 0.2) is 5.96 Å². The van der Waals surface area contributed by atoms with Crippen molar-refractivity contribution in [1.82, 2.24) is 10.6 Å². The maximum atomic E-state index is 6.11. The van der Waals surface area contributed by atoms with Gasteiger partial charge in [-0.15, -0.1) is 24.0 Å². The lowest BCUT2D eigenvalue weighted by Gasteiger charge is -2.33. The van der Waals surface area contributed by atoms with Crippen molar-refractivity contribution in [1.29, 1.82) is 0 Å². The van der Waals surface area contributed by atoms with Gasteiger partial charge in [-0.3, -0.25) is 4.99 Å². The number of nitrogens with one attached hydrogen (secondary N) is 2. The van der Waals surface area contributed by atoms with Gasteiger partial charge in [-0.25, -0.2) is 0 Å². The van der Waals surface area contributed by atoms with E-state index in [1.54, 1.807) is 0 Å². The first-order chi connectivity index (χ1) is 13.8. The number of halogens is 1. The van der Waals surface area contributed by atoms with Gasteiger partial charge in [0.2, 0.25) is 0 Å². The Labute approximate surface area is 192 Å². The summed E-state index contributed by atoms with van der Waals surface area (Å²) in [7, 11) is 1.84. The molecule has 1 aliphatic rings. The Bertz CT molecular complexity index is 723. The average Bonchev–Trinajstić information content (AvgIpc) is 2.76. The van der Waals surface area contributed by atoms with Crippen LogP contribution in [0.4, 0.5) is 0 Å². The van der Waals surface area contributed by atoms with Crippen LogP contribution in [0.25, 0.3) is 0 Å². The second-order valence-corrected chi connectivity index (χ2v) is 7.63. The predicted octanol–water partition coefficient (Wildman–Crippen LogP) is 4.96. The summed E-state index contributed by atoms with van der Waals surface area (Å²) in [5.74, 6) is 1.33. The van der Waals surface area contributed by atoms with Crippen LogP contribution < -0.4 is 10.6 Å². The molecule has 4 nitrogen and oxygen atoms in total. The third kappa shape index (κ3) is 7.63. The van der Waals surface area contributed by atoms with Gasteiger partial charge in [0.1, 0.15) is 0 Å². The van der Waals surface area contributed by atoms with Gasteiger partial charge in [-0.2, -0.15) is 0 Å². The minimum Gasteiger partial charge on any atom is -0.373 e. The van der Waals surface area contributed by atoms with Crippen molar-refractivity contribution < 1.29 is 4.74 Å². The van der Waals surface area contributed by atoms with Crippen LogP contribution >= 0.6 is 24.0 Å².